The molecule has 2 rings (SSSR count). The van der Waals surface area contributed by atoms with Crippen LogP contribution in [-0.2, 0) is 9.53 Å². The summed E-state index contributed by atoms with van der Waals surface area (Å²) >= 11 is 0. The Balaban J connectivity index is 2.21. The first-order valence-electron chi connectivity index (χ1n) is 6.43. The third-order valence-electron chi connectivity index (χ3n) is 3.41. The van der Waals surface area contributed by atoms with E-state index in [0.29, 0.717) is 19.4 Å². The average molecular weight is 280 g/mol. The van der Waals surface area contributed by atoms with Crippen LogP contribution in [0.1, 0.15) is 19.8 Å². The number of rotatable bonds is 4. The van der Waals surface area contributed by atoms with Crippen molar-refractivity contribution >= 4 is 17.3 Å². The van der Waals surface area contributed by atoms with Crippen molar-refractivity contribution in [1.82, 2.24) is 0 Å². The third kappa shape index (κ3) is 2.72. The van der Waals surface area contributed by atoms with Gasteiger partial charge >= 0.3 is 0 Å². The minimum atomic E-state index is -0.641. The molecule has 2 unspecified atom stereocenters. The summed E-state index contributed by atoms with van der Waals surface area (Å²) in [5, 5.41) is 23.1. The fourth-order valence-corrected chi connectivity index (χ4v) is 2.38. The van der Waals surface area contributed by atoms with Crippen LogP contribution in [-0.4, -0.2) is 28.6 Å². The Morgan fingerprint density at radius 2 is 2.35 bits per heavy atom. The molecule has 20 heavy (non-hydrogen) atoms. The Labute approximate surface area is 115 Å². The number of hydrogen-bond acceptors (Lipinski definition) is 5. The van der Waals surface area contributed by atoms with Crippen molar-refractivity contribution in [2.45, 2.75) is 25.9 Å². The molecule has 7 heteroatoms. The zero-order valence-corrected chi connectivity index (χ0v) is 11.0. The van der Waals surface area contributed by atoms with Gasteiger partial charge in [0.2, 0.25) is 5.91 Å². The number of anilines is 1. The van der Waals surface area contributed by atoms with E-state index in [4.69, 9.17) is 4.74 Å². The standard InChI is InChI=1S/C13H16N2O5/c1-2-11-8(6-7-20-11)13(17)14-12-9(15(18)19)4-3-5-10(12)16/h3-5,8,11,16H,2,6-7H2,1H3,(H,14,17). The molecule has 0 spiro atoms. The van der Waals surface area contributed by atoms with Crippen LogP contribution in [0.3, 0.4) is 0 Å². The smallest absolute Gasteiger partial charge is 0.296 e. The molecule has 1 fully saturated rings. The molecular formula is C13H16N2O5. The van der Waals surface area contributed by atoms with Gasteiger partial charge in [0.25, 0.3) is 5.69 Å². The maximum Gasteiger partial charge on any atom is 0.296 e. The van der Waals surface area contributed by atoms with Gasteiger partial charge in [-0.1, -0.05) is 13.0 Å². The van der Waals surface area contributed by atoms with Crippen molar-refractivity contribution in [3.05, 3.63) is 28.3 Å². The minimum absolute atomic E-state index is 0.163. The van der Waals surface area contributed by atoms with Crippen LogP contribution in [0, 0.1) is 16.0 Å². The maximum absolute atomic E-state index is 12.2. The number of carbonyl (C=O) groups excluding carboxylic acids is 1. The number of nitro benzene ring substituents is 1. The summed E-state index contributed by atoms with van der Waals surface area (Å²) in [6.07, 6.45) is 1.09. The van der Waals surface area contributed by atoms with Gasteiger partial charge in [0, 0.05) is 12.7 Å². The van der Waals surface area contributed by atoms with Gasteiger partial charge in [-0.15, -0.1) is 0 Å². The highest BCUT2D eigenvalue weighted by atomic mass is 16.6. The highest BCUT2D eigenvalue weighted by Gasteiger charge is 2.34. The Bertz CT molecular complexity index is 531. The SMILES string of the molecule is CCC1OCCC1C(=O)Nc1c(O)cccc1[N+](=O)[O-]. The number of hydrogen-bond donors (Lipinski definition) is 2. The molecule has 0 saturated carbocycles. The molecule has 0 aliphatic carbocycles. The number of ether oxygens (including phenoxy) is 1. The molecule has 1 aromatic carbocycles. The number of benzene rings is 1. The molecule has 0 aromatic heterocycles. The molecular weight excluding hydrogens is 264 g/mol. The molecule has 108 valence electrons. The molecule has 0 bridgehead atoms. The maximum atomic E-state index is 12.2. The second-order valence-electron chi connectivity index (χ2n) is 4.63. The average Bonchev–Trinajstić information content (AvgIpc) is 2.89. The first-order valence-corrected chi connectivity index (χ1v) is 6.43. The largest absolute Gasteiger partial charge is 0.505 e. The predicted octanol–water partition coefficient (Wildman–Crippen LogP) is 2.05. The molecule has 1 amide bonds. The van der Waals surface area contributed by atoms with Crippen LogP contribution in [0.15, 0.2) is 18.2 Å². The number of phenols is 1. The minimum Gasteiger partial charge on any atom is -0.505 e. The van der Waals surface area contributed by atoms with E-state index in [1.807, 2.05) is 6.92 Å². The highest BCUT2D eigenvalue weighted by molar-refractivity contribution is 5.96. The first kappa shape index (κ1) is 14.3. The van der Waals surface area contributed by atoms with Gasteiger partial charge in [0.1, 0.15) is 5.75 Å². The summed E-state index contributed by atoms with van der Waals surface area (Å²) in [7, 11) is 0. The zero-order chi connectivity index (χ0) is 14.7. The summed E-state index contributed by atoms with van der Waals surface area (Å²) in [5.41, 5.74) is -0.491. The normalized spacial score (nSPS) is 21.6. The van der Waals surface area contributed by atoms with Crippen molar-refractivity contribution < 1.29 is 19.6 Å². The van der Waals surface area contributed by atoms with E-state index in [0.717, 1.165) is 0 Å². The van der Waals surface area contributed by atoms with E-state index in [1.54, 1.807) is 0 Å². The van der Waals surface area contributed by atoms with Crippen LogP contribution in [0.2, 0.25) is 0 Å². The van der Waals surface area contributed by atoms with Crippen molar-refractivity contribution in [3.8, 4) is 5.75 Å². The summed E-state index contributed by atoms with van der Waals surface area (Å²) < 4.78 is 5.42. The fourth-order valence-electron chi connectivity index (χ4n) is 2.38. The van der Waals surface area contributed by atoms with E-state index in [-0.39, 0.29) is 35.1 Å². The van der Waals surface area contributed by atoms with Crippen LogP contribution < -0.4 is 5.32 Å². The van der Waals surface area contributed by atoms with Crippen molar-refractivity contribution in [3.63, 3.8) is 0 Å². The molecule has 2 atom stereocenters. The van der Waals surface area contributed by atoms with Gasteiger partial charge in [-0.25, -0.2) is 0 Å². The number of nitrogens with one attached hydrogen (secondary N) is 1. The van der Waals surface area contributed by atoms with E-state index in [9.17, 15) is 20.0 Å². The molecule has 2 N–H and O–H groups in total. The summed E-state index contributed by atoms with van der Waals surface area (Å²) in [5.74, 6) is -1.03. The molecule has 7 nitrogen and oxygen atoms in total. The zero-order valence-electron chi connectivity index (χ0n) is 11.0. The lowest BCUT2D eigenvalue weighted by Crippen LogP contribution is -2.29. The lowest BCUT2D eigenvalue weighted by atomic mass is 9.98. The molecule has 1 saturated heterocycles. The van der Waals surface area contributed by atoms with Gasteiger partial charge in [0.15, 0.2) is 5.69 Å². The van der Waals surface area contributed by atoms with Crippen LogP contribution in [0.25, 0.3) is 0 Å². The van der Waals surface area contributed by atoms with Gasteiger partial charge in [-0.2, -0.15) is 0 Å². The van der Waals surface area contributed by atoms with Crippen molar-refractivity contribution in [2.75, 3.05) is 11.9 Å². The lowest BCUT2D eigenvalue weighted by molar-refractivity contribution is -0.384. The quantitative estimate of drug-likeness (QED) is 0.499. The van der Waals surface area contributed by atoms with Crippen LogP contribution >= 0.6 is 0 Å². The Morgan fingerprint density at radius 3 is 3.00 bits per heavy atom. The Kier molecular flexibility index (Phi) is 4.19. The number of para-hydroxylation sites is 1. The number of phenolic OH excluding ortho intramolecular Hbond substituents is 1. The van der Waals surface area contributed by atoms with Gasteiger partial charge in [-0.05, 0) is 18.9 Å². The number of nitrogens with zero attached hydrogens (tertiary/aromatic N) is 1. The molecule has 1 aliphatic rings. The van der Waals surface area contributed by atoms with Crippen molar-refractivity contribution in [2.24, 2.45) is 5.92 Å². The number of amides is 1. The predicted molar refractivity (Wildman–Crippen MR) is 71.5 cm³/mol. The Hall–Kier alpha value is -2.15. The monoisotopic (exact) mass is 280 g/mol. The first-order chi connectivity index (χ1) is 9.54. The number of aromatic hydroxyl groups is 1. The molecule has 1 heterocycles. The van der Waals surface area contributed by atoms with E-state index < -0.39 is 4.92 Å². The van der Waals surface area contributed by atoms with Gasteiger partial charge in [0.05, 0.1) is 16.9 Å². The third-order valence-corrected chi connectivity index (χ3v) is 3.41. The number of nitro groups is 1. The topological polar surface area (TPSA) is 102 Å². The summed E-state index contributed by atoms with van der Waals surface area (Å²) in [4.78, 5) is 22.5. The fraction of sp³-hybridized carbons (Fsp3) is 0.462. The Morgan fingerprint density at radius 1 is 1.60 bits per heavy atom. The highest BCUT2D eigenvalue weighted by Crippen LogP contribution is 2.34. The van der Waals surface area contributed by atoms with Crippen LogP contribution in [0.5, 0.6) is 5.75 Å². The molecule has 1 aromatic rings. The summed E-state index contributed by atoms with van der Waals surface area (Å²) in [6, 6.07) is 3.89. The van der Waals surface area contributed by atoms with Gasteiger partial charge in [-0.3, -0.25) is 14.9 Å². The van der Waals surface area contributed by atoms with Crippen LogP contribution in [0.4, 0.5) is 11.4 Å². The lowest BCUT2D eigenvalue weighted by Gasteiger charge is -2.16. The second-order valence-corrected chi connectivity index (χ2v) is 4.63. The molecule has 0 radical (unpaired) electrons. The van der Waals surface area contributed by atoms with Crippen molar-refractivity contribution in [1.29, 1.82) is 0 Å². The summed E-state index contributed by atoms with van der Waals surface area (Å²) in [6.45, 7) is 2.41. The van der Waals surface area contributed by atoms with E-state index >= 15 is 0 Å². The second kappa shape index (κ2) is 5.87. The molecule has 1 aliphatic heterocycles. The van der Waals surface area contributed by atoms with E-state index in [1.165, 1.54) is 18.2 Å². The van der Waals surface area contributed by atoms with E-state index in [2.05, 4.69) is 5.32 Å². The number of carbonyl (C=O) groups is 1. The van der Waals surface area contributed by atoms with Gasteiger partial charge < -0.3 is 15.2 Å².